The highest BCUT2D eigenvalue weighted by atomic mass is 32.1. The molecule has 0 spiro atoms. The van der Waals surface area contributed by atoms with Gasteiger partial charge in [0.25, 0.3) is 5.78 Å². The fourth-order valence-corrected chi connectivity index (χ4v) is 6.39. The third-order valence-electron chi connectivity index (χ3n) is 7.35. The van der Waals surface area contributed by atoms with E-state index in [1.54, 1.807) is 49.4 Å². The summed E-state index contributed by atoms with van der Waals surface area (Å²) in [7, 11) is 0. The molecule has 0 radical (unpaired) electrons. The molecule has 0 bridgehead atoms. The molecular weight excluding hydrogens is 552 g/mol. The lowest BCUT2D eigenvalue weighted by atomic mass is 9.94. The van der Waals surface area contributed by atoms with Gasteiger partial charge >= 0.3 is 5.91 Å². The van der Waals surface area contributed by atoms with E-state index in [1.165, 1.54) is 11.8 Å². The molecule has 1 aromatic heterocycles. The minimum Gasteiger partial charge on any atom is -0.507 e. The van der Waals surface area contributed by atoms with Crippen LogP contribution in [0.5, 0.6) is 11.5 Å². The lowest BCUT2D eigenvalue weighted by molar-refractivity contribution is -0.132. The molecule has 6 rings (SSSR count). The second-order valence-electron chi connectivity index (χ2n) is 10.4. The van der Waals surface area contributed by atoms with E-state index < -0.39 is 17.7 Å². The summed E-state index contributed by atoms with van der Waals surface area (Å²) in [6.45, 7) is 5.41. The van der Waals surface area contributed by atoms with E-state index in [1.807, 2.05) is 37.3 Å². The standard InChI is InChI=1S/C33H28N2O6S/c1-18-14-24-15-23(12-13-26(24)41-18)29(37)27-28(22-10-7-11-25(16-22)40-17-21-8-5-4-6-9-21)35(32(39)30(27)38)33-34-19(2)31(42-33)20(3)36/h4-13,15-16,18,28,37H,14,17H2,1-3H3/b29-27+/t18-,28-/m1/s1. The number of benzene rings is 3. The van der Waals surface area contributed by atoms with Crippen molar-refractivity contribution in [1.29, 1.82) is 0 Å². The second-order valence-corrected chi connectivity index (χ2v) is 11.4. The van der Waals surface area contributed by atoms with Gasteiger partial charge in [0.15, 0.2) is 10.9 Å². The minimum atomic E-state index is -1.00. The average molecular weight is 581 g/mol. The van der Waals surface area contributed by atoms with E-state index in [2.05, 4.69) is 4.98 Å². The van der Waals surface area contributed by atoms with Gasteiger partial charge in [-0.3, -0.25) is 19.3 Å². The highest BCUT2D eigenvalue weighted by Gasteiger charge is 2.48. The number of ether oxygens (including phenoxy) is 2. The van der Waals surface area contributed by atoms with E-state index in [0.717, 1.165) is 28.2 Å². The molecule has 1 amide bonds. The summed E-state index contributed by atoms with van der Waals surface area (Å²) in [5, 5.41) is 11.8. The van der Waals surface area contributed by atoms with Gasteiger partial charge < -0.3 is 14.6 Å². The van der Waals surface area contributed by atoms with Crippen LogP contribution in [0, 0.1) is 6.92 Å². The Morgan fingerprint density at radius 1 is 1.10 bits per heavy atom. The van der Waals surface area contributed by atoms with Crippen molar-refractivity contribution >= 4 is 39.7 Å². The quantitative estimate of drug-likeness (QED) is 0.120. The number of carbonyl (C=O) groups is 3. The van der Waals surface area contributed by atoms with Gasteiger partial charge in [-0.05, 0) is 60.9 Å². The molecule has 2 aliphatic rings. The smallest absolute Gasteiger partial charge is 0.301 e. The van der Waals surface area contributed by atoms with Gasteiger partial charge in [-0.15, -0.1) is 0 Å². The van der Waals surface area contributed by atoms with Gasteiger partial charge in [0.05, 0.1) is 22.2 Å². The van der Waals surface area contributed by atoms with Gasteiger partial charge in [-0.1, -0.05) is 53.8 Å². The zero-order chi connectivity index (χ0) is 29.5. The Balaban J connectivity index is 1.46. The molecule has 1 fully saturated rings. The number of rotatable bonds is 7. The van der Waals surface area contributed by atoms with E-state index in [0.29, 0.717) is 40.5 Å². The van der Waals surface area contributed by atoms with Gasteiger partial charge in [-0.25, -0.2) is 4.98 Å². The summed E-state index contributed by atoms with van der Waals surface area (Å²) < 4.78 is 11.8. The Kier molecular flexibility index (Phi) is 7.12. The number of anilines is 1. The predicted octanol–water partition coefficient (Wildman–Crippen LogP) is 6.18. The first-order valence-corrected chi connectivity index (χ1v) is 14.4. The lowest BCUT2D eigenvalue weighted by Gasteiger charge is -2.23. The number of aryl methyl sites for hydroxylation is 1. The van der Waals surface area contributed by atoms with E-state index >= 15 is 0 Å². The number of fused-ring (bicyclic) bond motifs is 1. The number of aliphatic hydroxyl groups excluding tert-OH is 1. The van der Waals surface area contributed by atoms with Crippen molar-refractivity contribution in [2.75, 3.05) is 4.90 Å². The number of aromatic nitrogens is 1. The maximum atomic E-state index is 13.6. The Bertz CT molecular complexity index is 1760. The third kappa shape index (κ3) is 4.96. The SMILES string of the molecule is CC(=O)c1sc(N2C(=O)C(=O)/C(=C(/O)c3ccc4c(c3)C[C@@H](C)O4)[C@H]2c2cccc(OCc3ccccc3)c2)nc1C. The zero-order valence-corrected chi connectivity index (χ0v) is 24.1. The molecule has 0 unspecified atom stereocenters. The molecule has 3 aromatic carbocycles. The largest absolute Gasteiger partial charge is 0.507 e. The molecule has 212 valence electrons. The summed E-state index contributed by atoms with van der Waals surface area (Å²) in [6.07, 6.45) is 0.673. The zero-order valence-electron chi connectivity index (χ0n) is 23.3. The first-order chi connectivity index (χ1) is 20.2. The van der Waals surface area contributed by atoms with Crippen LogP contribution in [0.25, 0.3) is 5.76 Å². The molecule has 8 nitrogen and oxygen atoms in total. The molecule has 0 saturated carbocycles. The fraction of sp³-hybridized carbons (Fsp3) is 0.212. The second kappa shape index (κ2) is 10.9. The Morgan fingerprint density at radius 2 is 1.88 bits per heavy atom. The molecule has 3 heterocycles. The number of amides is 1. The molecule has 0 aliphatic carbocycles. The van der Waals surface area contributed by atoms with Crippen LogP contribution in [0.4, 0.5) is 5.13 Å². The topological polar surface area (TPSA) is 106 Å². The maximum Gasteiger partial charge on any atom is 0.301 e. The normalized spacial score (nSPS) is 19.1. The van der Waals surface area contributed by atoms with Gasteiger partial charge in [0.1, 0.15) is 30.0 Å². The third-order valence-corrected chi connectivity index (χ3v) is 8.60. The number of hydrogen-bond donors (Lipinski definition) is 1. The number of thiazole rings is 1. The molecule has 1 N–H and O–H groups in total. The Morgan fingerprint density at radius 3 is 2.62 bits per heavy atom. The number of nitrogens with zero attached hydrogens (tertiary/aromatic N) is 2. The Hall–Kier alpha value is -4.76. The molecule has 2 aliphatic heterocycles. The summed E-state index contributed by atoms with van der Waals surface area (Å²) in [5.74, 6) is -0.886. The van der Waals surface area contributed by atoms with Crippen LogP contribution in [-0.2, 0) is 22.6 Å². The number of aliphatic hydroxyl groups is 1. The van der Waals surface area contributed by atoms with Gasteiger partial charge in [0.2, 0.25) is 0 Å². The molecule has 1 saturated heterocycles. The number of hydrogen-bond acceptors (Lipinski definition) is 8. The molecule has 9 heteroatoms. The number of ketones is 2. The van der Waals surface area contributed by atoms with E-state index in [9.17, 15) is 19.5 Å². The van der Waals surface area contributed by atoms with Crippen LogP contribution in [-0.4, -0.2) is 33.7 Å². The van der Waals surface area contributed by atoms with E-state index in [-0.39, 0.29) is 28.4 Å². The lowest BCUT2D eigenvalue weighted by Crippen LogP contribution is -2.29. The van der Waals surface area contributed by atoms with Crippen molar-refractivity contribution in [3.8, 4) is 11.5 Å². The molecule has 2 atom stereocenters. The van der Waals surface area contributed by atoms with Crippen molar-refractivity contribution < 1.29 is 29.0 Å². The molecule has 42 heavy (non-hydrogen) atoms. The Labute approximate surface area is 246 Å². The maximum absolute atomic E-state index is 13.6. The first kappa shape index (κ1) is 27.4. The van der Waals surface area contributed by atoms with Crippen molar-refractivity contribution in [3.05, 3.63) is 111 Å². The van der Waals surface area contributed by atoms with Gasteiger partial charge in [0, 0.05) is 18.9 Å². The first-order valence-electron chi connectivity index (χ1n) is 13.6. The van der Waals surface area contributed by atoms with Crippen LogP contribution in [0.1, 0.15) is 57.5 Å². The van der Waals surface area contributed by atoms with Crippen molar-refractivity contribution in [2.24, 2.45) is 0 Å². The minimum absolute atomic E-state index is 0.00483. The summed E-state index contributed by atoms with van der Waals surface area (Å²) in [6, 6.07) is 21.0. The van der Waals surface area contributed by atoms with E-state index in [4.69, 9.17) is 9.47 Å². The van der Waals surface area contributed by atoms with Gasteiger partial charge in [-0.2, -0.15) is 0 Å². The molecular formula is C33H28N2O6S. The van der Waals surface area contributed by atoms with Crippen LogP contribution >= 0.6 is 11.3 Å². The van der Waals surface area contributed by atoms with Crippen molar-refractivity contribution in [3.63, 3.8) is 0 Å². The highest BCUT2D eigenvalue weighted by molar-refractivity contribution is 7.18. The van der Waals surface area contributed by atoms with Crippen LogP contribution in [0.2, 0.25) is 0 Å². The van der Waals surface area contributed by atoms with Crippen LogP contribution < -0.4 is 14.4 Å². The number of Topliss-reactive ketones (excluding diaryl/α,β-unsaturated/α-hetero) is 2. The van der Waals surface area contributed by atoms with Crippen molar-refractivity contribution in [2.45, 2.75) is 45.9 Å². The fourth-order valence-electron chi connectivity index (χ4n) is 5.40. The molecule has 4 aromatic rings. The monoisotopic (exact) mass is 580 g/mol. The van der Waals surface area contributed by atoms with Crippen molar-refractivity contribution in [1.82, 2.24) is 4.98 Å². The average Bonchev–Trinajstić information content (AvgIpc) is 3.64. The summed E-state index contributed by atoms with van der Waals surface area (Å²) in [4.78, 5) is 45.6. The van der Waals surface area contributed by atoms with Crippen LogP contribution in [0.3, 0.4) is 0 Å². The summed E-state index contributed by atoms with van der Waals surface area (Å²) >= 11 is 1.05. The van der Waals surface area contributed by atoms with Crippen LogP contribution in [0.15, 0.2) is 78.4 Å². The number of carbonyl (C=O) groups excluding carboxylic acids is 3. The predicted molar refractivity (Wildman–Crippen MR) is 159 cm³/mol. The summed E-state index contributed by atoms with van der Waals surface area (Å²) in [5.41, 5.74) is 3.26. The highest BCUT2D eigenvalue weighted by Crippen LogP contribution is 2.45.